The van der Waals surface area contributed by atoms with E-state index in [-0.39, 0.29) is 0 Å². The van der Waals surface area contributed by atoms with Crippen molar-refractivity contribution in [2.75, 3.05) is 19.6 Å². The van der Waals surface area contributed by atoms with Crippen molar-refractivity contribution < 1.29 is 4.74 Å². The van der Waals surface area contributed by atoms with E-state index in [9.17, 15) is 0 Å². The van der Waals surface area contributed by atoms with Crippen molar-refractivity contribution in [3.8, 4) is 0 Å². The van der Waals surface area contributed by atoms with Crippen LogP contribution < -0.4 is 0 Å². The summed E-state index contributed by atoms with van der Waals surface area (Å²) in [5.74, 6) is 0.765. The molecule has 0 aliphatic heterocycles. The van der Waals surface area contributed by atoms with Crippen molar-refractivity contribution >= 4 is 11.6 Å². The molecule has 0 aromatic carbocycles. The fourth-order valence-electron chi connectivity index (χ4n) is 1.68. The summed E-state index contributed by atoms with van der Waals surface area (Å²) in [7, 11) is 1.75. The summed E-state index contributed by atoms with van der Waals surface area (Å²) in [4.78, 5) is 0. The summed E-state index contributed by atoms with van der Waals surface area (Å²) >= 11 is 5.98. The van der Waals surface area contributed by atoms with E-state index in [0.29, 0.717) is 5.41 Å². The molecule has 0 spiro atoms. The van der Waals surface area contributed by atoms with Crippen molar-refractivity contribution in [3.05, 3.63) is 12.2 Å². The van der Waals surface area contributed by atoms with Crippen molar-refractivity contribution in [1.29, 1.82) is 0 Å². The zero-order valence-corrected chi connectivity index (χ0v) is 8.44. The van der Waals surface area contributed by atoms with Gasteiger partial charge in [0.2, 0.25) is 0 Å². The lowest BCUT2D eigenvalue weighted by Gasteiger charge is -2.32. The van der Waals surface area contributed by atoms with E-state index in [4.69, 9.17) is 16.3 Å². The highest BCUT2D eigenvalue weighted by Gasteiger charge is 2.28. The first kappa shape index (κ1) is 10.1. The van der Waals surface area contributed by atoms with E-state index in [1.165, 1.54) is 12.8 Å². The molecule has 0 bridgehead atoms. The van der Waals surface area contributed by atoms with E-state index in [2.05, 4.69) is 12.2 Å². The number of methoxy groups -OCH3 is 1. The van der Waals surface area contributed by atoms with Crippen LogP contribution in [0.5, 0.6) is 0 Å². The molecule has 70 valence electrons. The molecule has 1 unspecified atom stereocenters. The minimum atomic E-state index is 0.326. The predicted molar refractivity (Wildman–Crippen MR) is 52.6 cm³/mol. The Morgan fingerprint density at radius 1 is 1.50 bits per heavy atom. The van der Waals surface area contributed by atoms with E-state index >= 15 is 0 Å². The van der Waals surface area contributed by atoms with Crippen LogP contribution in [0.3, 0.4) is 0 Å². The fraction of sp³-hybridized carbons (Fsp3) is 0.800. The first-order valence-electron chi connectivity index (χ1n) is 4.53. The normalized spacial score (nSPS) is 29.2. The van der Waals surface area contributed by atoms with Gasteiger partial charge in [-0.25, -0.2) is 0 Å². The molecule has 1 atom stereocenters. The van der Waals surface area contributed by atoms with E-state index in [1.807, 2.05) is 0 Å². The van der Waals surface area contributed by atoms with Gasteiger partial charge >= 0.3 is 0 Å². The maximum atomic E-state index is 5.98. The molecule has 1 aliphatic rings. The van der Waals surface area contributed by atoms with Crippen LogP contribution in [0.4, 0.5) is 0 Å². The van der Waals surface area contributed by atoms with Crippen LogP contribution in [-0.4, -0.2) is 19.6 Å². The highest BCUT2D eigenvalue weighted by atomic mass is 35.5. The van der Waals surface area contributed by atoms with E-state index < -0.39 is 0 Å². The van der Waals surface area contributed by atoms with E-state index in [1.54, 1.807) is 7.11 Å². The average molecular weight is 189 g/mol. The van der Waals surface area contributed by atoms with Gasteiger partial charge < -0.3 is 4.74 Å². The number of rotatable bonds is 4. The minimum absolute atomic E-state index is 0.326. The van der Waals surface area contributed by atoms with Gasteiger partial charge in [-0.3, -0.25) is 0 Å². The lowest BCUT2D eigenvalue weighted by Crippen LogP contribution is -2.25. The number of ether oxygens (including phenoxy) is 1. The maximum Gasteiger partial charge on any atom is 0.0468 e. The molecular formula is C10H17ClO. The highest BCUT2D eigenvalue weighted by Crippen LogP contribution is 2.37. The van der Waals surface area contributed by atoms with Crippen molar-refractivity contribution in [2.24, 2.45) is 5.41 Å². The Morgan fingerprint density at radius 2 is 2.33 bits per heavy atom. The number of allylic oxidation sites excluding steroid dienone is 2. The fourth-order valence-corrected chi connectivity index (χ4v) is 2.05. The molecule has 0 N–H and O–H groups in total. The Morgan fingerprint density at radius 3 is 2.83 bits per heavy atom. The second-order valence-corrected chi connectivity index (χ2v) is 3.86. The monoisotopic (exact) mass is 188 g/mol. The van der Waals surface area contributed by atoms with Gasteiger partial charge in [-0.15, -0.1) is 11.6 Å². The molecule has 12 heavy (non-hydrogen) atoms. The Labute approximate surface area is 79.7 Å². The lowest BCUT2D eigenvalue weighted by molar-refractivity contribution is 0.139. The van der Waals surface area contributed by atoms with Crippen molar-refractivity contribution in [3.63, 3.8) is 0 Å². The number of alkyl halides is 1. The van der Waals surface area contributed by atoms with Crippen LogP contribution >= 0.6 is 11.6 Å². The third-order valence-electron chi connectivity index (χ3n) is 2.68. The van der Waals surface area contributed by atoms with Gasteiger partial charge in [0.15, 0.2) is 0 Å². The molecule has 0 amide bonds. The molecular weight excluding hydrogens is 172 g/mol. The summed E-state index contributed by atoms with van der Waals surface area (Å²) in [5, 5.41) is 0. The van der Waals surface area contributed by atoms with Gasteiger partial charge in [0.05, 0.1) is 0 Å². The van der Waals surface area contributed by atoms with Gasteiger partial charge in [-0.2, -0.15) is 0 Å². The van der Waals surface area contributed by atoms with Crippen molar-refractivity contribution in [2.45, 2.75) is 25.7 Å². The van der Waals surface area contributed by atoms with Gasteiger partial charge in [-0.1, -0.05) is 12.2 Å². The van der Waals surface area contributed by atoms with Crippen LogP contribution in [-0.2, 0) is 4.74 Å². The molecule has 0 aromatic rings. The SMILES string of the molecule is COCCC1(CCl)CC=CCC1. The largest absolute Gasteiger partial charge is 0.385 e. The van der Waals surface area contributed by atoms with Crippen LogP contribution in [0.2, 0.25) is 0 Å². The molecule has 1 nitrogen and oxygen atoms in total. The van der Waals surface area contributed by atoms with Crippen LogP contribution in [0, 0.1) is 5.41 Å². The second-order valence-electron chi connectivity index (χ2n) is 3.59. The zero-order valence-electron chi connectivity index (χ0n) is 7.68. The van der Waals surface area contributed by atoms with Gasteiger partial charge in [0, 0.05) is 19.6 Å². The van der Waals surface area contributed by atoms with Crippen LogP contribution in [0.15, 0.2) is 12.2 Å². The zero-order chi connectivity index (χ0) is 8.86. The second kappa shape index (κ2) is 4.88. The standard InChI is InChI=1S/C10H17ClO/c1-12-8-7-10(9-11)5-3-2-4-6-10/h2-3H,4-9H2,1H3. The molecule has 0 aromatic heterocycles. The summed E-state index contributed by atoms with van der Waals surface area (Å²) in [6.45, 7) is 0.834. The molecule has 0 heterocycles. The number of hydrogen-bond donors (Lipinski definition) is 0. The Bertz CT molecular complexity index is 156. The molecule has 0 saturated carbocycles. The van der Waals surface area contributed by atoms with Gasteiger partial charge in [0.25, 0.3) is 0 Å². The molecule has 0 saturated heterocycles. The molecule has 0 radical (unpaired) electrons. The number of halogens is 1. The molecule has 1 rings (SSSR count). The average Bonchev–Trinajstić information content (AvgIpc) is 2.16. The quantitative estimate of drug-likeness (QED) is 0.487. The molecule has 1 aliphatic carbocycles. The van der Waals surface area contributed by atoms with Crippen LogP contribution in [0.25, 0.3) is 0 Å². The first-order chi connectivity index (χ1) is 5.83. The first-order valence-corrected chi connectivity index (χ1v) is 5.06. The summed E-state index contributed by atoms with van der Waals surface area (Å²) in [6.07, 6.45) is 9.11. The summed E-state index contributed by atoms with van der Waals surface area (Å²) < 4.78 is 5.09. The Kier molecular flexibility index (Phi) is 4.10. The molecule has 2 heteroatoms. The lowest BCUT2D eigenvalue weighted by atomic mass is 9.76. The van der Waals surface area contributed by atoms with Gasteiger partial charge in [-0.05, 0) is 31.1 Å². The third kappa shape index (κ3) is 2.49. The predicted octanol–water partition coefficient (Wildman–Crippen LogP) is 2.99. The van der Waals surface area contributed by atoms with E-state index in [0.717, 1.165) is 25.3 Å². The van der Waals surface area contributed by atoms with Gasteiger partial charge in [0.1, 0.15) is 0 Å². The third-order valence-corrected chi connectivity index (χ3v) is 3.25. The summed E-state index contributed by atoms with van der Waals surface area (Å²) in [5.41, 5.74) is 0.326. The minimum Gasteiger partial charge on any atom is -0.385 e. The highest BCUT2D eigenvalue weighted by molar-refractivity contribution is 6.18. The van der Waals surface area contributed by atoms with Crippen LogP contribution in [0.1, 0.15) is 25.7 Å². The number of hydrogen-bond acceptors (Lipinski definition) is 1. The topological polar surface area (TPSA) is 9.23 Å². The smallest absolute Gasteiger partial charge is 0.0468 e. The molecule has 0 fully saturated rings. The summed E-state index contributed by atoms with van der Waals surface area (Å²) in [6, 6.07) is 0. The Hall–Kier alpha value is -0.0100. The maximum absolute atomic E-state index is 5.98. The Balaban J connectivity index is 2.44. The van der Waals surface area contributed by atoms with Crippen molar-refractivity contribution in [1.82, 2.24) is 0 Å².